The first kappa shape index (κ1) is 16.6. The van der Waals surface area contributed by atoms with Gasteiger partial charge in [-0.2, -0.15) is 4.31 Å². The number of piperidine rings is 1. The number of halogens is 1. The molecule has 1 unspecified atom stereocenters. The third kappa shape index (κ3) is 3.22. The van der Waals surface area contributed by atoms with Gasteiger partial charge in [-0.05, 0) is 31.5 Å². The number of nitrogens with one attached hydrogen (secondary N) is 1. The van der Waals surface area contributed by atoms with Crippen LogP contribution in [0.3, 0.4) is 0 Å². The largest absolute Gasteiger partial charge is 0.315 e. The monoisotopic (exact) mass is 347 g/mol. The molecule has 0 radical (unpaired) electrons. The van der Waals surface area contributed by atoms with Gasteiger partial charge in [-0.1, -0.05) is 12.1 Å². The second-order valence-electron chi connectivity index (χ2n) is 4.97. The van der Waals surface area contributed by atoms with Crippen LogP contribution >= 0.6 is 23.7 Å². The van der Waals surface area contributed by atoms with Crippen molar-refractivity contribution >= 4 is 44.0 Å². The molecular formula is C13H18ClN3O2S2. The topological polar surface area (TPSA) is 62.3 Å². The van der Waals surface area contributed by atoms with E-state index in [0.29, 0.717) is 6.54 Å². The molecule has 2 aromatic rings. The zero-order valence-corrected chi connectivity index (χ0v) is 14.1. The van der Waals surface area contributed by atoms with Crippen molar-refractivity contribution < 1.29 is 8.42 Å². The van der Waals surface area contributed by atoms with Gasteiger partial charge < -0.3 is 5.32 Å². The van der Waals surface area contributed by atoms with Crippen LogP contribution in [0.15, 0.2) is 28.6 Å². The molecule has 3 rings (SSSR count). The Hall–Kier alpha value is -0.730. The molecule has 21 heavy (non-hydrogen) atoms. The third-order valence-corrected chi connectivity index (χ3v) is 6.96. The van der Waals surface area contributed by atoms with Gasteiger partial charge in [-0.3, -0.25) is 0 Å². The van der Waals surface area contributed by atoms with Gasteiger partial charge in [0, 0.05) is 19.6 Å². The fraction of sp³-hybridized carbons (Fsp3) is 0.462. The van der Waals surface area contributed by atoms with E-state index in [1.165, 1.54) is 15.6 Å². The van der Waals surface area contributed by atoms with Gasteiger partial charge in [0.15, 0.2) is 0 Å². The van der Waals surface area contributed by atoms with Crippen LogP contribution in [0.1, 0.15) is 12.8 Å². The molecule has 0 saturated carbocycles. The molecule has 0 aliphatic carbocycles. The Morgan fingerprint density at radius 3 is 2.81 bits per heavy atom. The molecule has 2 heterocycles. The average molecular weight is 348 g/mol. The van der Waals surface area contributed by atoms with E-state index in [4.69, 9.17) is 0 Å². The smallest absolute Gasteiger partial charge is 0.270 e. The van der Waals surface area contributed by atoms with Crippen molar-refractivity contribution in [3.8, 4) is 0 Å². The molecule has 1 aromatic carbocycles. The summed E-state index contributed by atoms with van der Waals surface area (Å²) < 4.78 is 27.9. The van der Waals surface area contributed by atoms with E-state index in [2.05, 4.69) is 10.3 Å². The number of benzene rings is 1. The highest BCUT2D eigenvalue weighted by molar-refractivity contribution is 7.91. The van der Waals surface area contributed by atoms with E-state index in [1.54, 1.807) is 7.05 Å². The van der Waals surface area contributed by atoms with Gasteiger partial charge in [-0.25, -0.2) is 13.4 Å². The van der Waals surface area contributed by atoms with Crippen LogP contribution in [0.25, 0.3) is 10.2 Å². The second-order valence-corrected chi connectivity index (χ2v) is 8.17. The number of aromatic nitrogens is 1. The van der Waals surface area contributed by atoms with Crippen LogP contribution in [0.2, 0.25) is 0 Å². The number of likely N-dealkylation sites (N-methyl/N-ethyl adjacent to an activating group) is 1. The number of para-hydroxylation sites is 1. The van der Waals surface area contributed by atoms with Gasteiger partial charge >= 0.3 is 0 Å². The van der Waals surface area contributed by atoms with Gasteiger partial charge in [-0.15, -0.1) is 23.7 Å². The zero-order chi connectivity index (χ0) is 14.2. The number of hydrogen-bond acceptors (Lipinski definition) is 5. The van der Waals surface area contributed by atoms with E-state index < -0.39 is 10.0 Å². The molecule has 1 aliphatic heterocycles. The van der Waals surface area contributed by atoms with Crippen LogP contribution in [0.5, 0.6) is 0 Å². The highest BCUT2D eigenvalue weighted by Gasteiger charge is 2.31. The van der Waals surface area contributed by atoms with Crippen molar-refractivity contribution in [1.82, 2.24) is 14.6 Å². The minimum absolute atomic E-state index is 0. The number of fused-ring (bicyclic) bond motifs is 1. The molecule has 0 bridgehead atoms. The Kier molecular flexibility index (Phi) is 5.21. The van der Waals surface area contributed by atoms with E-state index in [9.17, 15) is 8.42 Å². The summed E-state index contributed by atoms with van der Waals surface area (Å²) in [7, 11) is -1.85. The minimum Gasteiger partial charge on any atom is -0.315 e. The lowest BCUT2D eigenvalue weighted by Crippen LogP contribution is -2.46. The number of hydrogen-bond donors (Lipinski definition) is 1. The van der Waals surface area contributed by atoms with Crippen molar-refractivity contribution in [2.24, 2.45) is 0 Å². The zero-order valence-electron chi connectivity index (χ0n) is 11.7. The van der Waals surface area contributed by atoms with Crippen molar-refractivity contribution in [2.45, 2.75) is 23.2 Å². The Bertz CT molecular complexity index is 678. The lowest BCUT2D eigenvalue weighted by molar-refractivity contribution is 0.300. The molecule has 5 nitrogen and oxygen atoms in total. The molecule has 1 aliphatic rings. The summed E-state index contributed by atoms with van der Waals surface area (Å²) in [6.07, 6.45) is 1.90. The number of rotatable bonds is 3. The molecule has 1 fully saturated rings. The van der Waals surface area contributed by atoms with Crippen molar-refractivity contribution in [1.29, 1.82) is 0 Å². The summed E-state index contributed by atoms with van der Waals surface area (Å²) in [5.74, 6) is 0. The summed E-state index contributed by atoms with van der Waals surface area (Å²) >= 11 is 1.24. The fourth-order valence-electron chi connectivity index (χ4n) is 2.42. The van der Waals surface area contributed by atoms with Crippen molar-refractivity contribution in [3.63, 3.8) is 0 Å². The van der Waals surface area contributed by atoms with Crippen molar-refractivity contribution in [3.05, 3.63) is 24.3 Å². The maximum atomic E-state index is 12.6. The van der Waals surface area contributed by atoms with E-state index in [-0.39, 0.29) is 22.8 Å². The van der Waals surface area contributed by atoms with E-state index in [0.717, 1.165) is 29.6 Å². The van der Waals surface area contributed by atoms with Crippen molar-refractivity contribution in [2.75, 3.05) is 20.1 Å². The normalized spacial score (nSPS) is 19.6. The van der Waals surface area contributed by atoms with Gasteiger partial charge in [0.2, 0.25) is 4.34 Å². The molecule has 116 valence electrons. The highest BCUT2D eigenvalue weighted by Crippen LogP contribution is 2.28. The van der Waals surface area contributed by atoms with Crippen LogP contribution < -0.4 is 5.32 Å². The predicted molar refractivity (Wildman–Crippen MR) is 87.7 cm³/mol. The predicted octanol–water partition coefficient (Wildman–Crippen LogP) is 2.09. The van der Waals surface area contributed by atoms with Gasteiger partial charge in [0.1, 0.15) is 0 Å². The average Bonchev–Trinajstić information content (AvgIpc) is 2.92. The molecular weight excluding hydrogens is 330 g/mol. The van der Waals surface area contributed by atoms with E-state index in [1.807, 2.05) is 24.3 Å². The Morgan fingerprint density at radius 2 is 2.14 bits per heavy atom. The van der Waals surface area contributed by atoms with Crippen LogP contribution in [-0.4, -0.2) is 43.9 Å². The van der Waals surface area contributed by atoms with E-state index >= 15 is 0 Å². The second kappa shape index (κ2) is 6.58. The quantitative estimate of drug-likeness (QED) is 0.923. The van der Waals surface area contributed by atoms with Gasteiger partial charge in [0.05, 0.1) is 10.2 Å². The lowest BCUT2D eigenvalue weighted by atomic mass is 10.1. The summed E-state index contributed by atoms with van der Waals surface area (Å²) in [6, 6.07) is 7.51. The van der Waals surface area contributed by atoms with Gasteiger partial charge in [0.25, 0.3) is 10.0 Å². The SMILES string of the molecule is CN(C1CCCNC1)S(=O)(=O)c1nc2ccccc2s1.Cl. The summed E-state index contributed by atoms with van der Waals surface area (Å²) in [5, 5.41) is 3.24. The first-order valence-corrected chi connectivity index (χ1v) is 8.89. The molecule has 1 saturated heterocycles. The fourth-order valence-corrected chi connectivity index (χ4v) is 5.20. The first-order chi connectivity index (χ1) is 9.59. The number of thiazole rings is 1. The van der Waals surface area contributed by atoms with Crippen LogP contribution in [0.4, 0.5) is 0 Å². The van der Waals surface area contributed by atoms with Crippen LogP contribution in [0, 0.1) is 0 Å². The molecule has 1 atom stereocenters. The minimum atomic E-state index is -3.50. The molecule has 8 heteroatoms. The highest BCUT2D eigenvalue weighted by atomic mass is 35.5. The maximum Gasteiger partial charge on any atom is 0.270 e. The summed E-state index contributed by atoms with van der Waals surface area (Å²) in [4.78, 5) is 4.27. The molecule has 0 amide bonds. The standard InChI is InChI=1S/C13H17N3O2S2.ClH/c1-16(10-5-4-8-14-9-10)20(17,18)13-15-11-6-2-3-7-12(11)19-13;/h2-3,6-7,10,14H,4-5,8-9H2,1H3;1H. The number of sulfonamides is 1. The Labute approximate surface area is 134 Å². The Balaban J connectivity index is 0.00000161. The molecule has 1 N–H and O–H groups in total. The Morgan fingerprint density at radius 1 is 1.38 bits per heavy atom. The summed E-state index contributed by atoms with van der Waals surface area (Å²) in [6.45, 7) is 1.67. The van der Waals surface area contributed by atoms with Crippen LogP contribution in [-0.2, 0) is 10.0 Å². The lowest BCUT2D eigenvalue weighted by Gasteiger charge is -2.30. The third-order valence-electron chi connectivity index (χ3n) is 3.66. The molecule has 0 spiro atoms. The summed E-state index contributed by atoms with van der Waals surface area (Å²) in [5.41, 5.74) is 0.742. The number of nitrogens with zero attached hydrogens (tertiary/aromatic N) is 2. The first-order valence-electron chi connectivity index (χ1n) is 6.63. The maximum absolute atomic E-state index is 12.6. The molecule has 1 aromatic heterocycles.